The number of halogens is 1. The van der Waals surface area contributed by atoms with Crippen molar-refractivity contribution in [3.8, 4) is 11.5 Å². The lowest BCUT2D eigenvalue weighted by Gasteiger charge is -2.13. The first-order valence-corrected chi connectivity index (χ1v) is 11.5. The van der Waals surface area contributed by atoms with Crippen LogP contribution in [0.5, 0.6) is 11.5 Å². The fraction of sp³-hybridized carbons (Fsp3) is 0.304. The number of benzene rings is 2. The van der Waals surface area contributed by atoms with Gasteiger partial charge in [-0.1, -0.05) is 19.1 Å². The van der Waals surface area contributed by atoms with Crippen LogP contribution in [0, 0.1) is 3.57 Å². The standard InChI is InChI=1S/C23H25IN4O5/c1-3-14-4-6-16(7-5-14)26-20(29)13-33-21-18(24)10-15(11-19(21)32-2)12-25-28-23(31)22(30)27-17-8-9-17/h4-7,10-12,17H,3,8-9,13H2,1-2H3,(H,26,29)(H,27,30)(H,28,31)/b25-12-. The number of hydrogen-bond acceptors (Lipinski definition) is 6. The Morgan fingerprint density at radius 2 is 1.88 bits per heavy atom. The average Bonchev–Trinajstić information content (AvgIpc) is 3.62. The Hall–Kier alpha value is -3.15. The number of hydrazone groups is 1. The molecule has 10 heteroatoms. The predicted molar refractivity (Wildman–Crippen MR) is 133 cm³/mol. The molecule has 0 aliphatic heterocycles. The normalized spacial score (nSPS) is 12.8. The minimum atomic E-state index is -0.824. The summed E-state index contributed by atoms with van der Waals surface area (Å²) in [6, 6.07) is 11.1. The molecule has 0 radical (unpaired) electrons. The van der Waals surface area contributed by atoms with E-state index in [0.29, 0.717) is 26.3 Å². The highest BCUT2D eigenvalue weighted by Crippen LogP contribution is 2.33. The van der Waals surface area contributed by atoms with Crippen LogP contribution in [0.25, 0.3) is 0 Å². The molecule has 0 atom stereocenters. The maximum absolute atomic E-state index is 12.3. The van der Waals surface area contributed by atoms with Gasteiger partial charge in [0.25, 0.3) is 5.91 Å². The molecule has 2 aromatic carbocycles. The number of nitrogens with one attached hydrogen (secondary N) is 3. The van der Waals surface area contributed by atoms with Gasteiger partial charge in [0.15, 0.2) is 18.1 Å². The third kappa shape index (κ3) is 7.45. The fourth-order valence-corrected chi connectivity index (χ4v) is 3.59. The summed E-state index contributed by atoms with van der Waals surface area (Å²) >= 11 is 2.06. The van der Waals surface area contributed by atoms with Gasteiger partial charge in [-0.05, 0) is 77.2 Å². The number of nitrogens with zero attached hydrogens (tertiary/aromatic N) is 1. The Morgan fingerprint density at radius 1 is 1.15 bits per heavy atom. The van der Waals surface area contributed by atoms with E-state index in [-0.39, 0.29) is 18.6 Å². The summed E-state index contributed by atoms with van der Waals surface area (Å²) in [6.45, 7) is 1.87. The van der Waals surface area contributed by atoms with Crippen LogP contribution in [0.4, 0.5) is 5.69 Å². The van der Waals surface area contributed by atoms with E-state index >= 15 is 0 Å². The number of carbonyl (C=O) groups excluding carboxylic acids is 3. The Morgan fingerprint density at radius 3 is 2.52 bits per heavy atom. The van der Waals surface area contributed by atoms with E-state index < -0.39 is 11.8 Å². The van der Waals surface area contributed by atoms with E-state index in [9.17, 15) is 14.4 Å². The van der Waals surface area contributed by atoms with Gasteiger partial charge < -0.3 is 20.1 Å². The average molecular weight is 564 g/mol. The molecular formula is C23H25IN4O5. The van der Waals surface area contributed by atoms with Crippen LogP contribution in [-0.4, -0.2) is 43.7 Å². The smallest absolute Gasteiger partial charge is 0.329 e. The summed E-state index contributed by atoms with van der Waals surface area (Å²) in [6.07, 6.45) is 4.10. The van der Waals surface area contributed by atoms with Crippen molar-refractivity contribution in [2.24, 2.45) is 5.10 Å². The highest BCUT2D eigenvalue weighted by Gasteiger charge is 2.26. The molecule has 33 heavy (non-hydrogen) atoms. The monoisotopic (exact) mass is 564 g/mol. The Labute approximate surface area is 205 Å². The first-order valence-electron chi connectivity index (χ1n) is 10.4. The van der Waals surface area contributed by atoms with Crippen LogP contribution in [0.1, 0.15) is 30.9 Å². The van der Waals surface area contributed by atoms with Gasteiger partial charge in [0, 0.05) is 11.7 Å². The molecule has 0 aromatic heterocycles. The molecule has 3 rings (SSSR count). The second kappa shape index (κ2) is 11.6. The van der Waals surface area contributed by atoms with Gasteiger partial charge in [-0.15, -0.1) is 0 Å². The molecule has 1 aliphatic carbocycles. The zero-order valence-corrected chi connectivity index (χ0v) is 20.5. The number of anilines is 1. The number of amides is 3. The molecule has 9 nitrogen and oxygen atoms in total. The van der Waals surface area contributed by atoms with Crippen molar-refractivity contribution in [1.82, 2.24) is 10.7 Å². The van der Waals surface area contributed by atoms with E-state index in [1.807, 2.05) is 24.3 Å². The summed E-state index contributed by atoms with van der Waals surface area (Å²) in [4.78, 5) is 35.6. The minimum absolute atomic E-state index is 0.0919. The number of carbonyl (C=O) groups is 3. The van der Waals surface area contributed by atoms with E-state index in [1.165, 1.54) is 18.9 Å². The third-order valence-corrected chi connectivity index (χ3v) is 5.55. The lowest BCUT2D eigenvalue weighted by molar-refractivity contribution is -0.139. The number of methoxy groups -OCH3 is 1. The zero-order chi connectivity index (χ0) is 23.8. The summed E-state index contributed by atoms with van der Waals surface area (Å²) < 4.78 is 11.8. The van der Waals surface area contributed by atoms with E-state index in [2.05, 4.69) is 50.7 Å². The van der Waals surface area contributed by atoms with Gasteiger partial charge in [0.05, 0.1) is 16.9 Å². The Bertz CT molecular complexity index is 1050. The topological polar surface area (TPSA) is 118 Å². The number of rotatable bonds is 9. The Kier molecular flexibility index (Phi) is 8.64. The van der Waals surface area contributed by atoms with Crippen molar-refractivity contribution < 1.29 is 23.9 Å². The molecule has 1 saturated carbocycles. The number of aryl methyl sites for hydroxylation is 1. The summed E-state index contributed by atoms with van der Waals surface area (Å²) in [5.74, 6) is -1.00. The van der Waals surface area contributed by atoms with Gasteiger partial charge in [0.2, 0.25) is 0 Å². The maximum atomic E-state index is 12.3. The Balaban J connectivity index is 1.56. The first kappa shape index (κ1) is 24.5. The van der Waals surface area contributed by atoms with Crippen LogP contribution >= 0.6 is 22.6 Å². The summed E-state index contributed by atoms with van der Waals surface area (Å²) in [7, 11) is 1.48. The molecular weight excluding hydrogens is 539 g/mol. The van der Waals surface area contributed by atoms with Crippen LogP contribution in [0.15, 0.2) is 41.5 Å². The molecule has 2 aromatic rings. The van der Waals surface area contributed by atoms with Crippen molar-refractivity contribution in [2.75, 3.05) is 19.0 Å². The van der Waals surface area contributed by atoms with Gasteiger partial charge in [-0.25, -0.2) is 5.43 Å². The van der Waals surface area contributed by atoms with Gasteiger partial charge >= 0.3 is 11.8 Å². The van der Waals surface area contributed by atoms with E-state index in [4.69, 9.17) is 9.47 Å². The molecule has 1 fully saturated rings. The molecule has 0 unspecified atom stereocenters. The van der Waals surface area contributed by atoms with Gasteiger partial charge in [-0.3, -0.25) is 14.4 Å². The largest absolute Gasteiger partial charge is 0.493 e. The molecule has 3 N–H and O–H groups in total. The predicted octanol–water partition coefficient (Wildman–Crippen LogP) is 2.61. The second-order valence-corrected chi connectivity index (χ2v) is 8.53. The van der Waals surface area contributed by atoms with Crippen LogP contribution in [0.2, 0.25) is 0 Å². The molecule has 0 heterocycles. The van der Waals surface area contributed by atoms with Crippen molar-refractivity contribution in [2.45, 2.75) is 32.2 Å². The molecule has 174 valence electrons. The van der Waals surface area contributed by atoms with E-state index in [1.54, 1.807) is 12.1 Å². The van der Waals surface area contributed by atoms with Crippen LogP contribution < -0.4 is 25.5 Å². The quantitative estimate of drug-likeness (QED) is 0.187. The lowest BCUT2D eigenvalue weighted by Crippen LogP contribution is -2.38. The second-order valence-electron chi connectivity index (χ2n) is 7.37. The maximum Gasteiger partial charge on any atom is 0.329 e. The number of hydrogen-bond donors (Lipinski definition) is 3. The molecule has 0 bridgehead atoms. The zero-order valence-electron chi connectivity index (χ0n) is 18.3. The summed E-state index contributed by atoms with van der Waals surface area (Å²) in [5.41, 5.74) is 4.70. The molecule has 3 amide bonds. The van der Waals surface area contributed by atoms with Crippen molar-refractivity contribution in [3.05, 3.63) is 51.1 Å². The SMILES string of the molecule is CCc1ccc(NC(=O)COc2c(I)cc(/C=N\NC(=O)C(=O)NC3CC3)cc2OC)cc1. The third-order valence-electron chi connectivity index (χ3n) is 4.74. The van der Waals surface area contributed by atoms with Crippen molar-refractivity contribution in [1.29, 1.82) is 0 Å². The lowest BCUT2D eigenvalue weighted by atomic mass is 10.1. The van der Waals surface area contributed by atoms with Gasteiger partial charge in [0.1, 0.15) is 0 Å². The number of ether oxygens (including phenoxy) is 2. The molecule has 1 aliphatic rings. The highest BCUT2D eigenvalue weighted by atomic mass is 127. The molecule has 0 saturated heterocycles. The van der Waals surface area contributed by atoms with E-state index in [0.717, 1.165) is 19.3 Å². The van der Waals surface area contributed by atoms with Crippen molar-refractivity contribution in [3.63, 3.8) is 0 Å². The first-order chi connectivity index (χ1) is 15.9. The fourth-order valence-electron chi connectivity index (χ4n) is 2.81. The minimum Gasteiger partial charge on any atom is -0.493 e. The van der Waals surface area contributed by atoms with Crippen molar-refractivity contribution >= 4 is 52.2 Å². The molecule has 0 spiro atoms. The van der Waals surface area contributed by atoms with Crippen LogP contribution in [0.3, 0.4) is 0 Å². The summed E-state index contributed by atoms with van der Waals surface area (Å²) in [5, 5.41) is 9.20. The highest BCUT2D eigenvalue weighted by molar-refractivity contribution is 14.1. The van der Waals surface area contributed by atoms with Crippen LogP contribution in [-0.2, 0) is 20.8 Å². The van der Waals surface area contributed by atoms with Gasteiger partial charge in [-0.2, -0.15) is 5.10 Å².